The third kappa shape index (κ3) is 5.04. The van der Waals surface area contributed by atoms with E-state index in [1.807, 2.05) is 13.0 Å². The third-order valence-electron chi connectivity index (χ3n) is 6.87. The van der Waals surface area contributed by atoms with Crippen LogP contribution < -0.4 is 0 Å². The Morgan fingerprint density at radius 1 is 1.20 bits per heavy atom. The van der Waals surface area contributed by atoms with Crippen molar-refractivity contribution in [2.24, 2.45) is 17.8 Å². The van der Waals surface area contributed by atoms with Gasteiger partial charge in [0.05, 0.1) is 18.8 Å². The lowest BCUT2D eigenvalue weighted by molar-refractivity contribution is -0.249. The Hall–Kier alpha value is -1.49. The minimum atomic E-state index is -0.961. The summed E-state index contributed by atoms with van der Waals surface area (Å²) >= 11 is 0. The van der Waals surface area contributed by atoms with Gasteiger partial charge in [-0.15, -0.1) is 0 Å². The minimum absolute atomic E-state index is 0.0389. The van der Waals surface area contributed by atoms with Crippen molar-refractivity contribution in [2.75, 3.05) is 6.61 Å². The van der Waals surface area contributed by atoms with Gasteiger partial charge >= 0.3 is 0 Å². The molecule has 4 nitrogen and oxygen atoms in total. The Kier molecular flexibility index (Phi) is 7.21. The van der Waals surface area contributed by atoms with Crippen LogP contribution in [0.2, 0.25) is 0 Å². The number of fused-ring (bicyclic) bond motifs is 1. The number of Topliss-reactive ketones (excluding diaryl/α,β-unsaturated/α-hetero) is 1. The van der Waals surface area contributed by atoms with E-state index in [0.717, 1.165) is 24.8 Å². The predicted molar refractivity (Wildman–Crippen MR) is 120 cm³/mol. The lowest BCUT2D eigenvalue weighted by Crippen LogP contribution is -2.54. The zero-order valence-corrected chi connectivity index (χ0v) is 19.4. The Morgan fingerprint density at radius 3 is 2.60 bits per heavy atom. The van der Waals surface area contributed by atoms with Crippen molar-refractivity contribution in [3.05, 3.63) is 46.6 Å². The molecule has 30 heavy (non-hydrogen) atoms. The van der Waals surface area contributed by atoms with Crippen LogP contribution in [0.4, 0.5) is 0 Å². The summed E-state index contributed by atoms with van der Waals surface area (Å²) in [5.41, 5.74) is 4.75. The Bertz CT molecular complexity index is 783. The fraction of sp³-hybridized carbons (Fsp3) is 0.654. The van der Waals surface area contributed by atoms with E-state index in [4.69, 9.17) is 9.47 Å². The molecule has 3 rings (SSSR count). The quantitative estimate of drug-likeness (QED) is 0.621. The number of carbonyl (C=O) groups is 1. The fourth-order valence-corrected chi connectivity index (χ4v) is 5.02. The molecule has 0 aromatic rings. The molecular weight excluding hydrogens is 376 g/mol. The highest BCUT2D eigenvalue weighted by molar-refractivity contribution is 5.82. The molecule has 0 bridgehead atoms. The highest BCUT2D eigenvalue weighted by Crippen LogP contribution is 2.46. The van der Waals surface area contributed by atoms with Crippen molar-refractivity contribution < 1.29 is 19.4 Å². The summed E-state index contributed by atoms with van der Waals surface area (Å²) in [6, 6.07) is 0. The Balaban J connectivity index is 1.85. The van der Waals surface area contributed by atoms with Gasteiger partial charge in [-0.2, -0.15) is 0 Å². The van der Waals surface area contributed by atoms with Crippen LogP contribution in [0.15, 0.2) is 46.6 Å². The van der Waals surface area contributed by atoms with Crippen LogP contribution >= 0.6 is 0 Å². The minimum Gasteiger partial charge on any atom is -0.392 e. The first-order chi connectivity index (χ1) is 14.1. The van der Waals surface area contributed by atoms with Crippen LogP contribution in [0.5, 0.6) is 0 Å². The average Bonchev–Trinajstić information content (AvgIpc) is 2.65. The molecule has 0 aromatic carbocycles. The fourth-order valence-electron chi connectivity index (χ4n) is 5.02. The first-order valence-electron chi connectivity index (χ1n) is 11.3. The summed E-state index contributed by atoms with van der Waals surface area (Å²) < 4.78 is 13.1. The third-order valence-corrected chi connectivity index (χ3v) is 6.87. The predicted octanol–water partition coefficient (Wildman–Crippen LogP) is 5.29. The topological polar surface area (TPSA) is 55.8 Å². The molecule has 0 unspecified atom stereocenters. The van der Waals surface area contributed by atoms with Gasteiger partial charge in [-0.3, -0.25) is 4.79 Å². The van der Waals surface area contributed by atoms with Crippen LogP contribution in [0.1, 0.15) is 67.2 Å². The summed E-state index contributed by atoms with van der Waals surface area (Å²) in [7, 11) is 0. The number of allylic oxidation sites excluding steroid dienone is 3. The zero-order chi connectivity index (χ0) is 22.1. The number of aliphatic hydroxyl groups excluding tert-OH is 1. The number of hydrogen-bond acceptors (Lipinski definition) is 4. The summed E-state index contributed by atoms with van der Waals surface area (Å²) in [5.74, 6) is -0.715. The number of hydrogen-bond donors (Lipinski definition) is 1. The van der Waals surface area contributed by atoms with E-state index in [9.17, 15) is 9.90 Å². The van der Waals surface area contributed by atoms with Gasteiger partial charge in [0.25, 0.3) is 0 Å². The normalized spacial score (nSPS) is 36.8. The van der Waals surface area contributed by atoms with E-state index in [2.05, 4.69) is 52.8 Å². The van der Waals surface area contributed by atoms with E-state index in [1.165, 1.54) is 16.7 Å². The SMILES string of the molecule is CC(C)=CCC/C(C)=C/[C@@H]1CC(C)=C[C@]2(C=C(CO)[C@H]3CC(=O)[C@@H](C)[C@H](C)[C@H]3O2)O1. The van der Waals surface area contributed by atoms with E-state index in [-0.39, 0.29) is 42.4 Å². The highest BCUT2D eigenvalue weighted by Gasteiger charge is 2.50. The van der Waals surface area contributed by atoms with Gasteiger partial charge in [0.2, 0.25) is 5.79 Å². The first-order valence-corrected chi connectivity index (χ1v) is 11.3. The van der Waals surface area contributed by atoms with Gasteiger partial charge in [-0.05, 0) is 70.6 Å². The summed E-state index contributed by atoms with van der Waals surface area (Å²) in [4.78, 5) is 12.4. The number of ketones is 1. The number of carbonyl (C=O) groups excluding carboxylic acids is 1. The molecule has 0 saturated heterocycles. The second-order valence-electron chi connectivity index (χ2n) is 9.79. The maximum atomic E-state index is 12.4. The van der Waals surface area contributed by atoms with Crippen molar-refractivity contribution in [3.63, 3.8) is 0 Å². The molecule has 1 saturated carbocycles. The van der Waals surface area contributed by atoms with Gasteiger partial charge < -0.3 is 14.6 Å². The average molecular weight is 415 g/mol. The number of aliphatic hydroxyl groups is 1. The summed E-state index contributed by atoms with van der Waals surface area (Å²) in [6.45, 7) is 12.5. The molecule has 0 amide bonds. The molecule has 0 aromatic heterocycles. The largest absolute Gasteiger partial charge is 0.392 e. The molecule has 1 aliphatic carbocycles. The lowest BCUT2D eigenvalue weighted by Gasteiger charge is -2.49. The number of ether oxygens (including phenoxy) is 2. The maximum absolute atomic E-state index is 12.4. The van der Waals surface area contributed by atoms with Crippen molar-refractivity contribution in [1.82, 2.24) is 0 Å². The first kappa shape index (κ1) is 23.2. The molecule has 2 aliphatic heterocycles. The summed E-state index contributed by atoms with van der Waals surface area (Å²) in [5, 5.41) is 10.1. The standard InChI is InChI=1S/C26H38O4/c1-16(2)8-7-9-17(3)10-22-11-18(4)13-26(29-22)14-21(15-27)23-12-24(28)19(5)20(6)25(23)30-26/h8,10,13-14,19-20,22-23,25,27H,7,9,11-12,15H2,1-6H3/b17-10+/t19-,20-,22+,23+,25+,26-/m0/s1. The van der Waals surface area contributed by atoms with Crippen LogP contribution in [0.3, 0.4) is 0 Å². The Morgan fingerprint density at radius 2 is 1.93 bits per heavy atom. The molecule has 166 valence electrons. The maximum Gasteiger partial charge on any atom is 0.209 e. The molecule has 1 spiro atoms. The van der Waals surface area contributed by atoms with E-state index < -0.39 is 5.79 Å². The van der Waals surface area contributed by atoms with Gasteiger partial charge in [0, 0.05) is 18.3 Å². The second kappa shape index (κ2) is 9.33. The molecule has 2 heterocycles. The van der Waals surface area contributed by atoms with E-state index >= 15 is 0 Å². The molecule has 1 N–H and O–H groups in total. The summed E-state index contributed by atoms with van der Waals surface area (Å²) in [6.07, 6.45) is 11.6. The smallest absolute Gasteiger partial charge is 0.209 e. The molecule has 0 radical (unpaired) electrons. The van der Waals surface area contributed by atoms with Gasteiger partial charge in [-0.25, -0.2) is 0 Å². The van der Waals surface area contributed by atoms with Crippen molar-refractivity contribution >= 4 is 5.78 Å². The molecule has 6 atom stereocenters. The molecule has 3 aliphatic rings. The van der Waals surface area contributed by atoms with Crippen LogP contribution in [-0.4, -0.2) is 35.5 Å². The molecule has 4 heteroatoms. The van der Waals surface area contributed by atoms with Crippen LogP contribution in [-0.2, 0) is 14.3 Å². The highest BCUT2D eigenvalue weighted by atomic mass is 16.7. The van der Waals surface area contributed by atoms with E-state index in [0.29, 0.717) is 6.42 Å². The molecule has 1 fully saturated rings. The monoisotopic (exact) mass is 414 g/mol. The van der Waals surface area contributed by atoms with Gasteiger partial charge in [0.15, 0.2) is 0 Å². The van der Waals surface area contributed by atoms with Crippen LogP contribution in [0.25, 0.3) is 0 Å². The van der Waals surface area contributed by atoms with Gasteiger partial charge in [0.1, 0.15) is 5.78 Å². The Labute approximate surface area is 181 Å². The molecular formula is C26H38O4. The van der Waals surface area contributed by atoms with Crippen LogP contribution in [0, 0.1) is 17.8 Å². The van der Waals surface area contributed by atoms with Gasteiger partial charge in [-0.1, -0.05) is 42.7 Å². The van der Waals surface area contributed by atoms with E-state index in [1.54, 1.807) is 0 Å². The lowest BCUT2D eigenvalue weighted by atomic mass is 9.68. The van der Waals surface area contributed by atoms with Crippen molar-refractivity contribution in [1.29, 1.82) is 0 Å². The van der Waals surface area contributed by atoms with Crippen molar-refractivity contribution in [3.8, 4) is 0 Å². The van der Waals surface area contributed by atoms with Crippen molar-refractivity contribution in [2.45, 2.75) is 85.2 Å². The zero-order valence-electron chi connectivity index (χ0n) is 19.4. The number of rotatable bonds is 5. The second-order valence-corrected chi connectivity index (χ2v) is 9.79.